The molecule has 5 rings (SSSR count). The van der Waals surface area contributed by atoms with Gasteiger partial charge in [-0.3, -0.25) is 10.3 Å². The summed E-state index contributed by atoms with van der Waals surface area (Å²) in [7, 11) is 0. The average Bonchev–Trinajstić information content (AvgIpc) is 3.24. The van der Waals surface area contributed by atoms with Crippen molar-refractivity contribution >= 4 is 29.1 Å². The predicted octanol–water partition coefficient (Wildman–Crippen LogP) is 4.51. The van der Waals surface area contributed by atoms with E-state index in [-0.39, 0.29) is 23.3 Å². The third-order valence-electron chi connectivity index (χ3n) is 4.98. The van der Waals surface area contributed by atoms with Crippen LogP contribution in [-0.4, -0.2) is 28.9 Å². The lowest BCUT2D eigenvalue weighted by Gasteiger charge is -2.30. The molecule has 0 saturated carbocycles. The van der Waals surface area contributed by atoms with Crippen molar-refractivity contribution in [1.29, 1.82) is 0 Å². The van der Waals surface area contributed by atoms with Crippen LogP contribution in [0.15, 0.2) is 100 Å². The summed E-state index contributed by atoms with van der Waals surface area (Å²) >= 11 is 0. The van der Waals surface area contributed by atoms with Crippen molar-refractivity contribution in [2.45, 2.75) is 12.5 Å². The zero-order chi connectivity index (χ0) is 22.8. The highest BCUT2D eigenvalue weighted by Gasteiger charge is 2.41. The Morgan fingerprint density at radius 2 is 1.39 bits per heavy atom. The second kappa shape index (κ2) is 8.30. The Kier molecular flexibility index (Phi) is 5.17. The van der Waals surface area contributed by atoms with Gasteiger partial charge >= 0.3 is 6.18 Å². The number of anilines is 2. The number of guanidine groups is 2. The number of amidine groups is 1. The van der Waals surface area contributed by atoms with Crippen LogP contribution in [0.5, 0.6) is 0 Å². The van der Waals surface area contributed by atoms with E-state index in [2.05, 4.69) is 31.1 Å². The van der Waals surface area contributed by atoms with Crippen LogP contribution in [0.1, 0.15) is 11.1 Å². The molecule has 3 aromatic rings. The van der Waals surface area contributed by atoms with Crippen molar-refractivity contribution in [3.8, 4) is 0 Å². The quantitative estimate of drug-likeness (QED) is 0.550. The molecule has 0 spiro atoms. The third-order valence-corrected chi connectivity index (χ3v) is 4.98. The zero-order valence-corrected chi connectivity index (χ0v) is 17.1. The van der Waals surface area contributed by atoms with Crippen molar-refractivity contribution in [1.82, 2.24) is 10.3 Å². The number of fused-ring (bicyclic) bond motifs is 1. The Balaban J connectivity index is 1.53. The number of nitrogens with one attached hydrogen (secondary N) is 3. The van der Waals surface area contributed by atoms with Crippen LogP contribution < -0.4 is 16.1 Å². The number of hydrogen-bond donors (Lipinski definition) is 3. The minimum Gasteiger partial charge on any atom is -0.325 e. The fourth-order valence-corrected chi connectivity index (χ4v) is 3.51. The number of alkyl halides is 3. The molecule has 0 aromatic heterocycles. The van der Waals surface area contributed by atoms with Gasteiger partial charge in [0.2, 0.25) is 18.2 Å². The van der Waals surface area contributed by atoms with E-state index < -0.39 is 18.0 Å². The van der Waals surface area contributed by atoms with Gasteiger partial charge in [0.05, 0.1) is 5.56 Å². The SMILES string of the molecule is FC(F)(F)c1ccccc1C1=NNC2N=C(Nc3ccccc3)N=C(Nc3ccccc3)N12. The summed E-state index contributed by atoms with van der Waals surface area (Å²) in [6, 6.07) is 23.9. The summed E-state index contributed by atoms with van der Waals surface area (Å²) in [5, 5.41) is 10.5. The molecule has 2 heterocycles. The molecule has 3 aromatic carbocycles. The van der Waals surface area contributed by atoms with Crippen LogP contribution in [0, 0.1) is 0 Å². The lowest BCUT2D eigenvalue weighted by atomic mass is 10.1. The molecule has 1 unspecified atom stereocenters. The molecule has 10 heteroatoms. The molecular weight excluding hydrogens is 431 g/mol. The number of benzene rings is 3. The fourth-order valence-electron chi connectivity index (χ4n) is 3.51. The molecule has 2 aliphatic rings. The van der Waals surface area contributed by atoms with E-state index in [0.717, 1.165) is 11.8 Å². The maximum atomic E-state index is 13.7. The fraction of sp³-hybridized carbons (Fsp3) is 0.0870. The van der Waals surface area contributed by atoms with Crippen molar-refractivity contribution in [2.24, 2.45) is 15.1 Å². The molecular formula is C23H18F3N7. The predicted molar refractivity (Wildman–Crippen MR) is 122 cm³/mol. The van der Waals surface area contributed by atoms with Crippen molar-refractivity contribution in [3.63, 3.8) is 0 Å². The highest BCUT2D eigenvalue weighted by Crippen LogP contribution is 2.34. The van der Waals surface area contributed by atoms with Crippen LogP contribution in [-0.2, 0) is 6.18 Å². The highest BCUT2D eigenvalue weighted by molar-refractivity contribution is 6.18. The molecule has 0 bridgehead atoms. The van der Waals surface area contributed by atoms with Crippen LogP contribution in [0.4, 0.5) is 24.5 Å². The van der Waals surface area contributed by atoms with Gasteiger partial charge in [-0.1, -0.05) is 54.6 Å². The van der Waals surface area contributed by atoms with Gasteiger partial charge in [0.25, 0.3) is 0 Å². The van der Waals surface area contributed by atoms with Crippen LogP contribution >= 0.6 is 0 Å². The number of halogens is 3. The number of nitrogens with zero attached hydrogens (tertiary/aromatic N) is 4. The lowest BCUT2D eigenvalue weighted by Crippen LogP contribution is -2.50. The second-order valence-electron chi connectivity index (χ2n) is 7.22. The van der Waals surface area contributed by atoms with Gasteiger partial charge in [0, 0.05) is 16.9 Å². The van der Waals surface area contributed by atoms with Crippen LogP contribution in [0.2, 0.25) is 0 Å². The number of aliphatic imine (C=N–C) groups is 2. The monoisotopic (exact) mass is 449 g/mol. The van der Waals surface area contributed by atoms with E-state index in [0.29, 0.717) is 5.69 Å². The first-order valence-electron chi connectivity index (χ1n) is 10.1. The molecule has 7 nitrogen and oxygen atoms in total. The van der Waals surface area contributed by atoms with Crippen molar-refractivity contribution < 1.29 is 13.2 Å². The third kappa shape index (κ3) is 4.22. The minimum absolute atomic E-state index is 0.0672. The normalized spacial score (nSPS) is 17.4. The molecule has 0 saturated heterocycles. The molecule has 3 N–H and O–H groups in total. The number of hydrogen-bond acceptors (Lipinski definition) is 7. The van der Waals surface area contributed by atoms with E-state index in [1.807, 2.05) is 60.7 Å². The Labute approximate surface area is 187 Å². The standard InChI is InChI=1S/C23H18F3N7/c24-23(25,26)18-14-8-7-13-17(18)19-31-32-22-30-20(27-15-9-3-1-4-10-15)29-21(33(19)22)28-16-11-5-2-6-12-16/h1-14,22,32H,(H2,27,28,29,30). The average molecular weight is 449 g/mol. The molecule has 33 heavy (non-hydrogen) atoms. The van der Waals surface area contributed by atoms with E-state index in [4.69, 9.17) is 0 Å². The van der Waals surface area contributed by atoms with Crippen molar-refractivity contribution in [3.05, 3.63) is 96.1 Å². The Bertz CT molecular complexity index is 1240. The first kappa shape index (κ1) is 20.6. The first-order chi connectivity index (χ1) is 16.0. The van der Waals surface area contributed by atoms with Gasteiger partial charge in [0.15, 0.2) is 5.84 Å². The minimum atomic E-state index is -4.54. The van der Waals surface area contributed by atoms with Gasteiger partial charge in [-0.15, -0.1) is 0 Å². The smallest absolute Gasteiger partial charge is 0.325 e. The zero-order valence-electron chi connectivity index (χ0n) is 17.1. The Morgan fingerprint density at radius 3 is 2.06 bits per heavy atom. The summed E-state index contributed by atoms with van der Waals surface area (Å²) in [5.74, 6) is 0.631. The lowest BCUT2D eigenvalue weighted by molar-refractivity contribution is -0.137. The number of rotatable bonds is 3. The summed E-state index contributed by atoms with van der Waals surface area (Å²) < 4.78 is 41.1. The summed E-state index contributed by atoms with van der Waals surface area (Å²) in [4.78, 5) is 10.6. The maximum absolute atomic E-state index is 13.7. The van der Waals surface area contributed by atoms with Crippen molar-refractivity contribution in [2.75, 3.05) is 10.6 Å². The summed E-state index contributed by atoms with van der Waals surface area (Å²) in [5.41, 5.74) is 3.44. The molecule has 0 amide bonds. The molecule has 166 valence electrons. The van der Waals surface area contributed by atoms with Gasteiger partial charge in [-0.05, 0) is 30.3 Å². The largest absolute Gasteiger partial charge is 0.417 e. The first-order valence-corrected chi connectivity index (χ1v) is 10.1. The molecule has 0 fully saturated rings. The van der Waals surface area contributed by atoms with Crippen LogP contribution in [0.25, 0.3) is 0 Å². The van der Waals surface area contributed by atoms with Gasteiger partial charge in [-0.2, -0.15) is 23.3 Å². The summed E-state index contributed by atoms with van der Waals surface area (Å²) in [6.45, 7) is 0. The van der Waals surface area contributed by atoms with Gasteiger partial charge in [-0.25, -0.2) is 4.99 Å². The molecule has 0 aliphatic carbocycles. The highest BCUT2D eigenvalue weighted by atomic mass is 19.4. The van der Waals surface area contributed by atoms with E-state index in [1.54, 1.807) is 0 Å². The van der Waals surface area contributed by atoms with Gasteiger partial charge < -0.3 is 10.6 Å². The Hall–Kier alpha value is -4.34. The van der Waals surface area contributed by atoms with E-state index in [9.17, 15) is 13.2 Å². The van der Waals surface area contributed by atoms with E-state index >= 15 is 0 Å². The molecule has 1 atom stereocenters. The Morgan fingerprint density at radius 1 is 0.788 bits per heavy atom. The maximum Gasteiger partial charge on any atom is 0.417 e. The van der Waals surface area contributed by atoms with Crippen LogP contribution in [0.3, 0.4) is 0 Å². The second-order valence-corrected chi connectivity index (χ2v) is 7.22. The number of para-hydroxylation sites is 2. The topological polar surface area (TPSA) is 76.4 Å². The number of hydrazone groups is 1. The molecule has 0 radical (unpaired) electrons. The van der Waals surface area contributed by atoms with Gasteiger partial charge in [0.1, 0.15) is 0 Å². The summed E-state index contributed by atoms with van der Waals surface area (Å²) in [6.07, 6.45) is -5.32. The molecule has 2 aliphatic heterocycles. The van der Waals surface area contributed by atoms with E-state index in [1.165, 1.54) is 23.1 Å².